The zero-order valence-corrected chi connectivity index (χ0v) is 11.9. The molecule has 5 heteroatoms. The zero-order valence-electron chi connectivity index (χ0n) is 11.9. The van der Waals surface area contributed by atoms with E-state index in [1.807, 2.05) is 43.4 Å². The first kappa shape index (κ1) is 13.3. The molecule has 21 heavy (non-hydrogen) atoms. The number of nitrogens with one attached hydrogen (secondary N) is 1. The topological polar surface area (TPSA) is 61.6 Å². The van der Waals surface area contributed by atoms with Crippen LogP contribution in [0.4, 0.5) is 27.5 Å². The summed E-state index contributed by atoms with van der Waals surface area (Å²) in [5.74, 6) is 0. The molecule has 0 saturated heterocycles. The lowest BCUT2D eigenvalue weighted by Gasteiger charge is -2.35. The van der Waals surface area contributed by atoms with Crippen LogP contribution in [0.5, 0.6) is 0 Å². The highest BCUT2D eigenvalue weighted by atomic mass is 16.2. The third kappa shape index (κ3) is 2.63. The molecule has 108 valence electrons. The maximum Gasteiger partial charge on any atom is 0.326 e. The fraction of sp³-hybridized carbons (Fsp3) is 0.188. The number of hydrogen-bond acceptors (Lipinski definition) is 3. The smallest absolute Gasteiger partial charge is 0.326 e. The molecule has 1 heterocycles. The number of fused-ring (bicyclic) bond motifs is 1. The van der Waals surface area contributed by atoms with Crippen LogP contribution in [-0.2, 0) is 0 Å². The van der Waals surface area contributed by atoms with E-state index in [0.717, 1.165) is 17.9 Å². The first-order valence-corrected chi connectivity index (χ1v) is 6.89. The second-order valence-corrected chi connectivity index (χ2v) is 5.12. The fourth-order valence-electron chi connectivity index (χ4n) is 2.52. The SMILES string of the molecule is CN1CCN(C(=O)Nc2cccc(N)c2)c2ccccc21. The molecule has 1 aliphatic rings. The van der Waals surface area contributed by atoms with E-state index < -0.39 is 0 Å². The molecule has 0 fully saturated rings. The van der Waals surface area contributed by atoms with E-state index in [-0.39, 0.29) is 6.03 Å². The van der Waals surface area contributed by atoms with Crippen molar-refractivity contribution in [2.24, 2.45) is 0 Å². The summed E-state index contributed by atoms with van der Waals surface area (Å²) in [6, 6.07) is 15.0. The number of nitrogens with two attached hydrogens (primary N) is 1. The Bertz CT molecular complexity index is 671. The monoisotopic (exact) mass is 282 g/mol. The third-order valence-corrected chi connectivity index (χ3v) is 3.63. The Kier molecular flexibility index (Phi) is 3.39. The van der Waals surface area contributed by atoms with E-state index in [4.69, 9.17) is 5.73 Å². The fourth-order valence-corrected chi connectivity index (χ4v) is 2.52. The zero-order chi connectivity index (χ0) is 14.8. The highest BCUT2D eigenvalue weighted by Crippen LogP contribution is 2.32. The number of carbonyl (C=O) groups is 1. The molecule has 0 radical (unpaired) electrons. The quantitative estimate of drug-likeness (QED) is 0.791. The number of para-hydroxylation sites is 2. The summed E-state index contributed by atoms with van der Waals surface area (Å²) in [5.41, 5.74) is 9.06. The van der Waals surface area contributed by atoms with Crippen molar-refractivity contribution in [3.63, 3.8) is 0 Å². The molecule has 1 aliphatic heterocycles. The van der Waals surface area contributed by atoms with Crippen LogP contribution in [0, 0.1) is 0 Å². The number of nitrogen functional groups attached to an aromatic ring is 1. The Morgan fingerprint density at radius 2 is 1.86 bits per heavy atom. The molecule has 3 rings (SSSR count). The lowest BCUT2D eigenvalue weighted by molar-refractivity contribution is 0.257. The van der Waals surface area contributed by atoms with Gasteiger partial charge in [0.15, 0.2) is 0 Å². The van der Waals surface area contributed by atoms with Gasteiger partial charge >= 0.3 is 6.03 Å². The van der Waals surface area contributed by atoms with Crippen molar-refractivity contribution in [2.75, 3.05) is 41.0 Å². The van der Waals surface area contributed by atoms with Gasteiger partial charge in [-0.05, 0) is 30.3 Å². The highest BCUT2D eigenvalue weighted by molar-refractivity contribution is 6.04. The van der Waals surface area contributed by atoms with E-state index in [1.165, 1.54) is 0 Å². The Labute approximate surface area is 124 Å². The molecule has 3 N–H and O–H groups in total. The summed E-state index contributed by atoms with van der Waals surface area (Å²) >= 11 is 0. The molecule has 0 unspecified atom stereocenters. The van der Waals surface area contributed by atoms with Gasteiger partial charge in [-0.1, -0.05) is 18.2 Å². The van der Waals surface area contributed by atoms with Crippen molar-refractivity contribution in [3.8, 4) is 0 Å². The largest absolute Gasteiger partial charge is 0.399 e. The van der Waals surface area contributed by atoms with E-state index in [2.05, 4.69) is 10.2 Å². The number of likely N-dealkylation sites (N-methyl/N-ethyl adjacent to an activating group) is 1. The normalized spacial score (nSPS) is 13.8. The van der Waals surface area contributed by atoms with Gasteiger partial charge in [0, 0.05) is 31.5 Å². The van der Waals surface area contributed by atoms with Gasteiger partial charge in [-0.25, -0.2) is 4.79 Å². The number of urea groups is 1. The van der Waals surface area contributed by atoms with Crippen LogP contribution in [0.15, 0.2) is 48.5 Å². The maximum absolute atomic E-state index is 12.5. The van der Waals surface area contributed by atoms with Crippen molar-refractivity contribution in [2.45, 2.75) is 0 Å². The number of hydrogen-bond donors (Lipinski definition) is 2. The van der Waals surface area contributed by atoms with Crippen LogP contribution in [0.3, 0.4) is 0 Å². The average molecular weight is 282 g/mol. The van der Waals surface area contributed by atoms with Crippen molar-refractivity contribution < 1.29 is 4.79 Å². The summed E-state index contributed by atoms with van der Waals surface area (Å²) in [4.78, 5) is 16.4. The third-order valence-electron chi connectivity index (χ3n) is 3.63. The van der Waals surface area contributed by atoms with Crippen LogP contribution in [0.1, 0.15) is 0 Å². The predicted octanol–water partition coefficient (Wildman–Crippen LogP) is 2.76. The number of anilines is 4. The van der Waals surface area contributed by atoms with Gasteiger partial charge in [-0.15, -0.1) is 0 Å². The summed E-state index contributed by atoms with van der Waals surface area (Å²) in [5, 5.41) is 2.90. The van der Waals surface area contributed by atoms with Gasteiger partial charge in [-0.2, -0.15) is 0 Å². The second-order valence-electron chi connectivity index (χ2n) is 5.12. The Hall–Kier alpha value is -2.69. The molecule has 0 saturated carbocycles. The molecule has 2 aromatic carbocycles. The van der Waals surface area contributed by atoms with E-state index in [1.54, 1.807) is 17.0 Å². The number of rotatable bonds is 1. The number of nitrogens with zero attached hydrogens (tertiary/aromatic N) is 2. The van der Waals surface area contributed by atoms with Crippen molar-refractivity contribution in [3.05, 3.63) is 48.5 Å². The lowest BCUT2D eigenvalue weighted by Crippen LogP contribution is -2.44. The van der Waals surface area contributed by atoms with E-state index in [9.17, 15) is 4.79 Å². The van der Waals surface area contributed by atoms with Crippen LogP contribution in [0.2, 0.25) is 0 Å². The van der Waals surface area contributed by atoms with Crippen LogP contribution in [-0.4, -0.2) is 26.2 Å². The van der Waals surface area contributed by atoms with Crippen molar-refractivity contribution in [1.82, 2.24) is 0 Å². The minimum absolute atomic E-state index is 0.138. The molecular formula is C16H18N4O. The predicted molar refractivity (Wildman–Crippen MR) is 86.9 cm³/mol. The van der Waals surface area contributed by atoms with Gasteiger partial charge in [0.25, 0.3) is 0 Å². The van der Waals surface area contributed by atoms with Crippen LogP contribution >= 0.6 is 0 Å². The van der Waals surface area contributed by atoms with Gasteiger partial charge in [0.2, 0.25) is 0 Å². The molecule has 0 spiro atoms. The summed E-state index contributed by atoms with van der Waals surface area (Å²) in [6.07, 6.45) is 0. The van der Waals surface area contributed by atoms with Gasteiger partial charge in [0.05, 0.1) is 11.4 Å². The number of carbonyl (C=O) groups excluding carboxylic acids is 1. The Balaban J connectivity index is 1.84. The van der Waals surface area contributed by atoms with Gasteiger partial charge < -0.3 is 16.0 Å². The second kappa shape index (κ2) is 5.36. The van der Waals surface area contributed by atoms with Crippen LogP contribution in [0.25, 0.3) is 0 Å². The summed E-state index contributed by atoms with van der Waals surface area (Å²) < 4.78 is 0. The Morgan fingerprint density at radius 3 is 2.62 bits per heavy atom. The van der Waals surface area contributed by atoms with Crippen molar-refractivity contribution >= 4 is 28.8 Å². The van der Waals surface area contributed by atoms with Crippen LogP contribution < -0.4 is 20.9 Å². The molecule has 0 aromatic heterocycles. The summed E-state index contributed by atoms with van der Waals surface area (Å²) in [7, 11) is 2.03. The average Bonchev–Trinajstić information content (AvgIpc) is 2.48. The maximum atomic E-state index is 12.5. The minimum Gasteiger partial charge on any atom is -0.399 e. The van der Waals surface area contributed by atoms with Gasteiger partial charge in [-0.3, -0.25) is 4.90 Å². The first-order chi connectivity index (χ1) is 10.1. The molecular weight excluding hydrogens is 264 g/mol. The highest BCUT2D eigenvalue weighted by Gasteiger charge is 2.24. The van der Waals surface area contributed by atoms with E-state index in [0.29, 0.717) is 17.9 Å². The molecule has 5 nitrogen and oxygen atoms in total. The molecule has 0 aliphatic carbocycles. The lowest BCUT2D eigenvalue weighted by atomic mass is 10.2. The summed E-state index contributed by atoms with van der Waals surface area (Å²) in [6.45, 7) is 1.46. The van der Waals surface area contributed by atoms with Crippen molar-refractivity contribution in [1.29, 1.82) is 0 Å². The van der Waals surface area contributed by atoms with E-state index >= 15 is 0 Å². The molecule has 0 bridgehead atoms. The Morgan fingerprint density at radius 1 is 1.10 bits per heavy atom. The number of amides is 2. The standard InChI is InChI=1S/C16H18N4O/c1-19-9-10-20(15-8-3-2-7-14(15)19)16(21)18-13-6-4-5-12(17)11-13/h2-8,11H,9-10,17H2,1H3,(H,18,21). The number of benzene rings is 2. The first-order valence-electron chi connectivity index (χ1n) is 6.89. The van der Waals surface area contributed by atoms with Gasteiger partial charge in [0.1, 0.15) is 0 Å². The minimum atomic E-state index is -0.138. The molecule has 2 amide bonds. The molecule has 0 atom stereocenters. The molecule has 2 aromatic rings.